The van der Waals surface area contributed by atoms with E-state index in [2.05, 4.69) is 20.8 Å². The number of hydrogen-bond acceptors (Lipinski definition) is 3. The van der Waals surface area contributed by atoms with Crippen LogP contribution in [0.1, 0.15) is 20.7 Å². The number of nitrogens with zero attached hydrogens (tertiary/aromatic N) is 1. The third-order valence-corrected chi connectivity index (χ3v) is 4.57. The highest BCUT2D eigenvalue weighted by atomic mass is 19.1. The van der Waals surface area contributed by atoms with Gasteiger partial charge in [0.25, 0.3) is 11.8 Å². The van der Waals surface area contributed by atoms with Crippen LogP contribution in [-0.2, 0) is 0 Å². The second kappa shape index (κ2) is 7.55. The zero-order valence-corrected chi connectivity index (χ0v) is 15.5. The summed E-state index contributed by atoms with van der Waals surface area (Å²) in [5.74, 6) is -0.820. The lowest BCUT2D eigenvalue weighted by Crippen LogP contribution is -2.18. The predicted molar refractivity (Wildman–Crippen MR) is 109 cm³/mol. The van der Waals surface area contributed by atoms with Gasteiger partial charge in [0.1, 0.15) is 5.82 Å². The Kier molecular flexibility index (Phi) is 4.78. The van der Waals surface area contributed by atoms with Gasteiger partial charge in [-0.15, -0.1) is 0 Å². The van der Waals surface area contributed by atoms with Crippen LogP contribution in [-0.4, -0.2) is 29.1 Å². The van der Waals surface area contributed by atoms with Crippen LogP contribution in [0.2, 0.25) is 0 Å². The average molecular weight is 388 g/mol. The first-order valence-electron chi connectivity index (χ1n) is 8.93. The summed E-state index contributed by atoms with van der Waals surface area (Å²) in [6, 6.07) is 17.9. The molecule has 0 aliphatic rings. The molecule has 0 saturated heterocycles. The molecule has 3 aromatic carbocycles. The molecule has 0 saturated carbocycles. The monoisotopic (exact) mass is 388 g/mol. The summed E-state index contributed by atoms with van der Waals surface area (Å²) in [6.07, 6.45) is 0. The van der Waals surface area contributed by atoms with Gasteiger partial charge in [0.2, 0.25) is 0 Å². The second-order valence-corrected chi connectivity index (χ2v) is 6.45. The van der Waals surface area contributed by atoms with Crippen molar-refractivity contribution in [2.24, 2.45) is 0 Å². The number of nitrogens with one attached hydrogen (secondary N) is 3. The molecule has 1 aromatic heterocycles. The maximum Gasteiger partial charge on any atom is 0.255 e. The fourth-order valence-corrected chi connectivity index (χ4v) is 3.04. The van der Waals surface area contributed by atoms with Gasteiger partial charge < -0.3 is 10.6 Å². The van der Waals surface area contributed by atoms with Crippen molar-refractivity contribution in [3.63, 3.8) is 0 Å². The lowest BCUT2D eigenvalue weighted by molar-refractivity contribution is 0.0961. The Balaban J connectivity index is 1.59. The molecular weight excluding hydrogens is 371 g/mol. The van der Waals surface area contributed by atoms with Crippen LogP contribution in [0.4, 0.5) is 10.1 Å². The Hall–Kier alpha value is -4.00. The van der Waals surface area contributed by atoms with E-state index in [1.807, 2.05) is 12.1 Å². The smallest absolute Gasteiger partial charge is 0.255 e. The van der Waals surface area contributed by atoms with Crippen LogP contribution in [0.15, 0.2) is 66.7 Å². The molecule has 3 N–H and O–H groups in total. The normalized spacial score (nSPS) is 10.7. The highest BCUT2D eigenvalue weighted by Gasteiger charge is 2.12. The minimum absolute atomic E-state index is 0.212. The molecule has 7 heteroatoms. The Morgan fingerprint density at radius 3 is 2.21 bits per heavy atom. The van der Waals surface area contributed by atoms with E-state index in [0.717, 1.165) is 16.5 Å². The zero-order chi connectivity index (χ0) is 20.4. The summed E-state index contributed by atoms with van der Waals surface area (Å²) < 4.78 is 13.2. The third-order valence-electron chi connectivity index (χ3n) is 4.57. The first-order chi connectivity index (χ1) is 14.0. The maximum atomic E-state index is 13.2. The van der Waals surface area contributed by atoms with E-state index < -0.39 is 0 Å². The highest BCUT2D eigenvalue weighted by Crippen LogP contribution is 2.28. The lowest BCUT2D eigenvalue weighted by atomic mass is 10.1. The molecule has 144 valence electrons. The van der Waals surface area contributed by atoms with Crippen molar-refractivity contribution in [2.45, 2.75) is 0 Å². The number of rotatable bonds is 4. The van der Waals surface area contributed by atoms with E-state index in [4.69, 9.17) is 0 Å². The quantitative estimate of drug-likeness (QED) is 0.494. The summed E-state index contributed by atoms with van der Waals surface area (Å²) in [6.45, 7) is 0. The Morgan fingerprint density at radius 1 is 0.897 bits per heavy atom. The van der Waals surface area contributed by atoms with E-state index in [-0.39, 0.29) is 17.6 Å². The van der Waals surface area contributed by atoms with Crippen LogP contribution < -0.4 is 10.6 Å². The molecule has 29 heavy (non-hydrogen) atoms. The minimum atomic E-state index is -0.316. The Labute approximate surface area is 165 Å². The number of hydrogen-bond donors (Lipinski definition) is 3. The molecule has 0 aliphatic carbocycles. The number of carbonyl (C=O) groups is 2. The molecule has 0 unspecified atom stereocenters. The van der Waals surface area contributed by atoms with Gasteiger partial charge in [-0.1, -0.05) is 0 Å². The number of aromatic amines is 1. The van der Waals surface area contributed by atoms with Gasteiger partial charge >= 0.3 is 0 Å². The molecule has 0 fully saturated rings. The summed E-state index contributed by atoms with van der Waals surface area (Å²) in [7, 11) is 1.55. The van der Waals surface area contributed by atoms with Crippen LogP contribution >= 0.6 is 0 Å². The number of halogens is 1. The van der Waals surface area contributed by atoms with Crippen LogP contribution in [0.25, 0.3) is 22.2 Å². The van der Waals surface area contributed by atoms with E-state index in [9.17, 15) is 14.0 Å². The lowest BCUT2D eigenvalue weighted by Gasteiger charge is -2.07. The van der Waals surface area contributed by atoms with Crippen LogP contribution in [0.5, 0.6) is 0 Å². The minimum Gasteiger partial charge on any atom is -0.355 e. The number of anilines is 1. The number of H-pyrrole nitrogens is 1. The molecule has 6 nitrogen and oxygen atoms in total. The van der Waals surface area contributed by atoms with E-state index in [0.29, 0.717) is 22.5 Å². The molecule has 4 aromatic rings. The van der Waals surface area contributed by atoms with Gasteiger partial charge in [0.05, 0.1) is 11.2 Å². The van der Waals surface area contributed by atoms with Crippen molar-refractivity contribution in [3.05, 3.63) is 83.7 Å². The second-order valence-electron chi connectivity index (χ2n) is 6.45. The summed E-state index contributed by atoms with van der Waals surface area (Å²) >= 11 is 0. The maximum absolute atomic E-state index is 13.2. The van der Waals surface area contributed by atoms with E-state index in [1.54, 1.807) is 49.5 Å². The standard InChI is InChI=1S/C22H17FN4O2/c1-24-21(28)14-2-4-15(5-3-14)22(29)25-17-10-11-19-18(12-17)20(27-26-19)13-6-8-16(23)9-7-13/h2-12H,1H3,(H,24,28)(H,25,29)(H,26,27). The SMILES string of the molecule is CNC(=O)c1ccc(C(=O)Nc2ccc3[nH]nc(-c4ccc(F)cc4)c3c2)cc1. The van der Waals surface area contributed by atoms with Crippen molar-refractivity contribution in [3.8, 4) is 11.3 Å². The van der Waals surface area contributed by atoms with Crippen molar-refractivity contribution in [2.75, 3.05) is 12.4 Å². The molecule has 2 amide bonds. The fraction of sp³-hybridized carbons (Fsp3) is 0.0455. The van der Waals surface area contributed by atoms with Crippen molar-refractivity contribution in [1.29, 1.82) is 0 Å². The van der Waals surface area contributed by atoms with Gasteiger partial charge in [0.15, 0.2) is 0 Å². The summed E-state index contributed by atoms with van der Waals surface area (Å²) in [5.41, 5.74) is 3.76. The summed E-state index contributed by atoms with van der Waals surface area (Å²) in [4.78, 5) is 24.2. The van der Waals surface area contributed by atoms with Gasteiger partial charge in [-0.3, -0.25) is 14.7 Å². The van der Waals surface area contributed by atoms with E-state index >= 15 is 0 Å². The molecule has 1 heterocycles. The predicted octanol–water partition coefficient (Wildman–Crippen LogP) is 3.98. The molecule has 0 aliphatic heterocycles. The molecule has 4 rings (SSSR count). The Morgan fingerprint density at radius 2 is 1.55 bits per heavy atom. The van der Waals surface area contributed by atoms with Gasteiger partial charge in [-0.25, -0.2) is 4.39 Å². The number of amides is 2. The van der Waals surface area contributed by atoms with E-state index in [1.165, 1.54) is 12.1 Å². The summed E-state index contributed by atoms with van der Waals surface area (Å²) in [5, 5.41) is 13.4. The van der Waals surface area contributed by atoms with Crippen molar-refractivity contribution < 1.29 is 14.0 Å². The number of carbonyl (C=O) groups excluding carboxylic acids is 2. The van der Waals surface area contributed by atoms with Crippen molar-refractivity contribution in [1.82, 2.24) is 15.5 Å². The third kappa shape index (κ3) is 3.70. The van der Waals surface area contributed by atoms with Crippen LogP contribution in [0, 0.1) is 5.82 Å². The number of benzene rings is 3. The van der Waals surface area contributed by atoms with Gasteiger partial charge in [-0.2, -0.15) is 5.10 Å². The molecular formula is C22H17FN4O2. The first-order valence-corrected chi connectivity index (χ1v) is 8.93. The first kappa shape index (κ1) is 18.4. The van der Waals surface area contributed by atoms with Crippen molar-refractivity contribution >= 4 is 28.4 Å². The number of fused-ring (bicyclic) bond motifs is 1. The molecule has 0 atom stereocenters. The largest absolute Gasteiger partial charge is 0.355 e. The molecule has 0 bridgehead atoms. The fourth-order valence-electron chi connectivity index (χ4n) is 3.04. The highest BCUT2D eigenvalue weighted by molar-refractivity contribution is 6.06. The zero-order valence-electron chi connectivity index (χ0n) is 15.5. The topological polar surface area (TPSA) is 86.9 Å². The number of aromatic nitrogens is 2. The average Bonchev–Trinajstić information content (AvgIpc) is 3.17. The Bertz CT molecular complexity index is 1200. The van der Waals surface area contributed by atoms with Gasteiger partial charge in [-0.05, 0) is 66.7 Å². The van der Waals surface area contributed by atoms with Gasteiger partial charge in [0, 0.05) is 34.8 Å². The van der Waals surface area contributed by atoms with Crippen LogP contribution in [0.3, 0.4) is 0 Å². The molecule has 0 spiro atoms. The molecule has 0 radical (unpaired) electrons.